The van der Waals surface area contributed by atoms with E-state index in [1.807, 2.05) is 0 Å². The van der Waals surface area contributed by atoms with Gasteiger partial charge in [0.1, 0.15) is 0 Å². The van der Waals surface area contributed by atoms with Crippen molar-refractivity contribution in [1.29, 1.82) is 0 Å². The van der Waals surface area contributed by atoms with Gasteiger partial charge in [-0.3, -0.25) is 0 Å². The van der Waals surface area contributed by atoms with Crippen molar-refractivity contribution >= 4 is 0 Å². The predicted molar refractivity (Wildman–Crippen MR) is 58.9 cm³/mol. The highest BCUT2D eigenvalue weighted by atomic mass is 14.1. The molecule has 0 heterocycles. The van der Waals surface area contributed by atoms with Gasteiger partial charge < -0.3 is 0 Å². The molecule has 1 aromatic carbocycles. The van der Waals surface area contributed by atoms with E-state index in [9.17, 15) is 0 Å². The molecule has 0 bridgehead atoms. The first-order valence-electron chi connectivity index (χ1n) is 5.11. The summed E-state index contributed by atoms with van der Waals surface area (Å²) in [6.45, 7) is 8.79. The second kappa shape index (κ2) is 4.45. The van der Waals surface area contributed by atoms with E-state index in [1.54, 1.807) is 0 Å². The maximum absolute atomic E-state index is 2.34. The first-order valence-corrected chi connectivity index (χ1v) is 5.11. The molecule has 0 heteroatoms. The van der Waals surface area contributed by atoms with E-state index in [0.717, 1.165) is 12.8 Å². The van der Waals surface area contributed by atoms with Gasteiger partial charge in [-0.1, -0.05) is 45.9 Å². The second-order valence-electron chi connectivity index (χ2n) is 3.70. The number of aryl methyl sites for hydroxylation is 2. The van der Waals surface area contributed by atoms with Crippen LogP contribution in [0.5, 0.6) is 0 Å². The minimum absolute atomic E-state index is 1.13. The molecule has 13 heavy (non-hydrogen) atoms. The Morgan fingerprint density at radius 1 is 1.08 bits per heavy atom. The largest absolute Gasteiger partial charge is 0.0613 e. The quantitative estimate of drug-likeness (QED) is 0.656. The van der Waals surface area contributed by atoms with Gasteiger partial charge in [-0.25, -0.2) is 0 Å². The van der Waals surface area contributed by atoms with Gasteiger partial charge in [0.2, 0.25) is 0 Å². The van der Waals surface area contributed by atoms with Gasteiger partial charge in [0.15, 0.2) is 0 Å². The van der Waals surface area contributed by atoms with Crippen molar-refractivity contribution in [3.05, 3.63) is 40.8 Å². The average molecular weight is 175 g/mol. The Bertz CT molecular complexity index is 271. The van der Waals surface area contributed by atoms with E-state index in [0.29, 0.717) is 0 Å². The summed E-state index contributed by atoms with van der Waals surface area (Å²) in [6, 6.07) is 6.83. The highest BCUT2D eigenvalue weighted by Crippen LogP contribution is 2.20. The van der Waals surface area contributed by atoms with Gasteiger partial charge in [0, 0.05) is 0 Å². The fourth-order valence-electron chi connectivity index (χ4n) is 1.65. The highest BCUT2D eigenvalue weighted by Gasteiger charge is 2.05. The summed E-state index contributed by atoms with van der Waals surface area (Å²) in [6.07, 6.45) is 2.27. The molecule has 0 aliphatic carbocycles. The third-order valence-electron chi connectivity index (χ3n) is 2.50. The van der Waals surface area contributed by atoms with Crippen LogP contribution in [0, 0.1) is 5.92 Å². The minimum atomic E-state index is 1.13. The smallest absolute Gasteiger partial charge is 0.000922 e. The number of benzene rings is 1. The molecule has 0 aliphatic heterocycles. The normalized spacial score (nSPS) is 10.8. The summed E-state index contributed by atoms with van der Waals surface area (Å²) < 4.78 is 0. The van der Waals surface area contributed by atoms with Crippen LogP contribution in [0.1, 0.15) is 44.4 Å². The van der Waals surface area contributed by atoms with Crippen molar-refractivity contribution in [3.8, 4) is 0 Å². The molecular weight excluding hydrogens is 156 g/mol. The zero-order valence-electron chi connectivity index (χ0n) is 9.15. The van der Waals surface area contributed by atoms with E-state index in [-0.39, 0.29) is 0 Å². The lowest BCUT2D eigenvalue weighted by Crippen LogP contribution is -1.97. The molecule has 0 spiro atoms. The Morgan fingerprint density at radius 3 is 2.23 bits per heavy atom. The van der Waals surface area contributed by atoms with Crippen LogP contribution in [-0.4, -0.2) is 0 Å². The topological polar surface area (TPSA) is 0 Å². The number of hydrogen-bond donors (Lipinski definition) is 0. The van der Waals surface area contributed by atoms with Crippen molar-refractivity contribution in [3.63, 3.8) is 0 Å². The van der Waals surface area contributed by atoms with Crippen molar-refractivity contribution in [2.75, 3.05) is 0 Å². The zero-order chi connectivity index (χ0) is 9.84. The Morgan fingerprint density at radius 2 is 1.77 bits per heavy atom. The van der Waals surface area contributed by atoms with E-state index < -0.39 is 0 Å². The molecule has 0 N–H and O–H groups in total. The molecule has 1 rings (SSSR count). The van der Waals surface area contributed by atoms with E-state index >= 15 is 0 Å². The van der Waals surface area contributed by atoms with Gasteiger partial charge in [-0.2, -0.15) is 0 Å². The molecule has 0 saturated heterocycles. The second-order valence-corrected chi connectivity index (χ2v) is 3.70. The summed E-state index contributed by atoms with van der Waals surface area (Å²) >= 11 is 0. The van der Waals surface area contributed by atoms with Crippen LogP contribution in [0.3, 0.4) is 0 Å². The first-order chi connectivity index (χ1) is 6.19. The summed E-state index contributed by atoms with van der Waals surface area (Å²) in [7, 11) is 0. The molecule has 0 amide bonds. The lowest BCUT2D eigenvalue weighted by molar-refractivity contribution is 1.03. The maximum atomic E-state index is 2.34. The van der Waals surface area contributed by atoms with Gasteiger partial charge in [-0.05, 0) is 35.4 Å². The average Bonchev–Trinajstić information content (AvgIpc) is 2.16. The molecule has 0 unspecified atom stereocenters. The molecule has 0 nitrogen and oxygen atoms in total. The van der Waals surface area contributed by atoms with Crippen molar-refractivity contribution in [2.24, 2.45) is 0 Å². The molecule has 0 aromatic heterocycles. The third kappa shape index (κ3) is 2.33. The minimum Gasteiger partial charge on any atom is -0.0613 e. The predicted octanol–water partition coefficient (Wildman–Crippen LogP) is 3.77. The summed E-state index contributed by atoms with van der Waals surface area (Å²) in [5.41, 5.74) is 4.36. The molecule has 0 atom stereocenters. The van der Waals surface area contributed by atoms with Crippen LogP contribution in [0.15, 0.2) is 18.2 Å². The molecule has 0 saturated carbocycles. The Balaban J connectivity index is 3.08. The fourth-order valence-corrected chi connectivity index (χ4v) is 1.65. The first kappa shape index (κ1) is 10.3. The molecule has 1 aromatic rings. The molecule has 0 fully saturated rings. The lowest BCUT2D eigenvalue weighted by Gasteiger charge is -2.12. The van der Waals surface area contributed by atoms with Crippen molar-refractivity contribution in [1.82, 2.24) is 0 Å². The van der Waals surface area contributed by atoms with Crippen LogP contribution in [-0.2, 0) is 12.8 Å². The lowest BCUT2D eigenvalue weighted by atomic mass is 9.93. The standard InChI is InChI=1S/C13H19/c1-5-11-7-8-13(10(3)4)12(6-2)9-11/h7-9H,5-6H2,1-4H3. The number of hydrogen-bond acceptors (Lipinski definition) is 0. The van der Waals surface area contributed by atoms with Crippen LogP contribution in [0.2, 0.25) is 0 Å². The van der Waals surface area contributed by atoms with E-state index in [2.05, 4.69) is 45.9 Å². The SMILES string of the molecule is CCc1ccc([C](C)C)c(CC)c1. The van der Waals surface area contributed by atoms with Crippen LogP contribution >= 0.6 is 0 Å². The van der Waals surface area contributed by atoms with E-state index in [4.69, 9.17) is 0 Å². The van der Waals surface area contributed by atoms with Crippen LogP contribution < -0.4 is 0 Å². The monoisotopic (exact) mass is 175 g/mol. The van der Waals surface area contributed by atoms with Gasteiger partial charge in [0.25, 0.3) is 0 Å². The molecule has 0 aliphatic rings. The van der Waals surface area contributed by atoms with Crippen LogP contribution in [0.4, 0.5) is 0 Å². The summed E-state index contributed by atoms with van der Waals surface area (Å²) in [5, 5.41) is 0. The van der Waals surface area contributed by atoms with Crippen molar-refractivity contribution in [2.45, 2.75) is 40.5 Å². The van der Waals surface area contributed by atoms with Gasteiger partial charge >= 0.3 is 0 Å². The number of rotatable bonds is 3. The Labute approximate surface area is 82.0 Å². The third-order valence-corrected chi connectivity index (χ3v) is 2.50. The molecular formula is C13H19. The molecule has 1 radical (unpaired) electrons. The zero-order valence-corrected chi connectivity index (χ0v) is 9.15. The summed E-state index contributed by atoms with van der Waals surface area (Å²) in [5.74, 6) is 1.42. The fraction of sp³-hybridized carbons (Fsp3) is 0.462. The summed E-state index contributed by atoms with van der Waals surface area (Å²) in [4.78, 5) is 0. The van der Waals surface area contributed by atoms with E-state index in [1.165, 1.54) is 22.6 Å². The maximum Gasteiger partial charge on any atom is -0.000922 e. The molecule has 71 valence electrons. The van der Waals surface area contributed by atoms with Gasteiger partial charge in [-0.15, -0.1) is 0 Å². The van der Waals surface area contributed by atoms with Gasteiger partial charge in [0.05, 0.1) is 0 Å². The van der Waals surface area contributed by atoms with Crippen molar-refractivity contribution < 1.29 is 0 Å². The Kier molecular flexibility index (Phi) is 3.53. The highest BCUT2D eigenvalue weighted by molar-refractivity contribution is 5.39. The Hall–Kier alpha value is -0.780. The van der Waals surface area contributed by atoms with Crippen LogP contribution in [0.25, 0.3) is 0 Å².